The Morgan fingerprint density at radius 1 is 1.25 bits per heavy atom. The van der Waals surface area contributed by atoms with E-state index in [-0.39, 0.29) is 24.9 Å². The number of carbonyl (C=O) groups excluding carboxylic acids is 2. The molecule has 0 aromatic heterocycles. The number of amides is 1. The van der Waals surface area contributed by atoms with E-state index in [2.05, 4.69) is 0 Å². The third-order valence-corrected chi connectivity index (χ3v) is 4.31. The topological polar surface area (TPSA) is 46.6 Å². The molecule has 0 bridgehead atoms. The first kappa shape index (κ1) is 16.5. The number of ether oxygens (including phenoxy) is 1. The second kappa shape index (κ2) is 7.05. The lowest BCUT2D eigenvalue weighted by atomic mass is 10.1. The quantitative estimate of drug-likeness (QED) is 0.794. The van der Waals surface area contributed by atoms with E-state index in [0.717, 1.165) is 16.8 Å². The SMILES string of the molecule is Cc1ccc(N2C[C@@H](C(=O)OCc3cccc(Cl)c3)CC2=O)cc1. The van der Waals surface area contributed by atoms with Crippen molar-refractivity contribution in [2.24, 2.45) is 5.92 Å². The maximum Gasteiger partial charge on any atom is 0.311 e. The molecule has 1 amide bonds. The van der Waals surface area contributed by atoms with Gasteiger partial charge >= 0.3 is 5.97 Å². The zero-order chi connectivity index (χ0) is 17.1. The summed E-state index contributed by atoms with van der Waals surface area (Å²) in [7, 11) is 0. The van der Waals surface area contributed by atoms with Crippen LogP contribution in [0.4, 0.5) is 5.69 Å². The lowest BCUT2D eigenvalue weighted by Crippen LogP contribution is -2.26. The number of hydrogen-bond acceptors (Lipinski definition) is 3. The Morgan fingerprint density at radius 2 is 2.00 bits per heavy atom. The molecule has 1 saturated heterocycles. The molecular formula is C19H18ClNO3. The monoisotopic (exact) mass is 343 g/mol. The van der Waals surface area contributed by atoms with Gasteiger partial charge in [-0.15, -0.1) is 0 Å². The standard InChI is InChI=1S/C19H18ClNO3/c1-13-5-7-17(8-6-13)21-11-15(10-18(21)22)19(23)24-12-14-3-2-4-16(20)9-14/h2-9,15H,10-12H2,1H3/t15-/m0/s1. The van der Waals surface area contributed by atoms with Crippen LogP contribution in [0.1, 0.15) is 17.5 Å². The van der Waals surface area contributed by atoms with E-state index < -0.39 is 5.92 Å². The van der Waals surface area contributed by atoms with Crippen LogP contribution in [0.5, 0.6) is 0 Å². The van der Waals surface area contributed by atoms with Crippen LogP contribution < -0.4 is 4.90 Å². The van der Waals surface area contributed by atoms with Crippen molar-refractivity contribution in [3.63, 3.8) is 0 Å². The van der Waals surface area contributed by atoms with E-state index in [9.17, 15) is 9.59 Å². The molecule has 2 aromatic carbocycles. The van der Waals surface area contributed by atoms with Gasteiger partial charge in [-0.05, 0) is 36.8 Å². The highest BCUT2D eigenvalue weighted by Crippen LogP contribution is 2.26. The Labute approximate surface area is 146 Å². The van der Waals surface area contributed by atoms with E-state index in [1.54, 1.807) is 17.0 Å². The van der Waals surface area contributed by atoms with Gasteiger partial charge in [0.05, 0.1) is 5.92 Å². The summed E-state index contributed by atoms with van der Waals surface area (Å²) in [4.78, 5) is 26.1. The first-order valence-corrected chi connectivity index (χ1v) is 8.19. The molecule has 1 heterocycles. The van der Waals surface area contributed by atoms with Crippen LogP contribution in [0.25, 0.3) is 0 Å². The number of halogens is 1. The second-order valence-electron chi connectivity index (χ2n) is 5.98. The van der Waals surface area contributed by atoms with Gasteiger partial charge in [0.2, 0.25) is 5.91 Å². The van der Waals surface area contributed by atoms with Gasteiger partial charge in [0, 0.05) is 23.7 Å². The molecule has 5 heteroatoms. The number of rotatable bonds is 4. The molecule has 124 valence electrons. The summed E-state index contributed by atoms with van der Waals surface area (Å²) in [6.07, 6.45) is 0.183. The molecule has 1 atom stereocenters. The zero-order valence-corrected chi connectivity index (χ0v) is 14.1. The molecule has 4 nitrogen and oxygen atoms in total. The van der Waals surface area contributed by atoms with Crippen molar-refractivity contribution in [1.29, 1.82) is 0 Å². The summed E-state index contributed by atoms with van der Waals surface area (Å²) in [5.74, 6) is -0.834. The number of nitrogens with zero attached hydrogens (tertiary/aromatic N) is 1. The van der Waals surface area contributed by atoms with Gasteiger partial charge in [-0.25, -0.2) is 0 Å². The molecule has 24 heavy (non-hydrogen) atoms. The van der Waals surface area contributed by atoms with Crippen LogP contribution in [0.15, 0.2) is 48.5 Å². The molecule has 1 aliphatic rings. The molecule has 1 aliphatic heterocycles. The highest BCUT2D eigenvalue weighted by atomic mass is 35.5. The summed E-state index contributed by atoms with van der Waals surface area (Å²) < 4.78 is 5.34. The Kier molecular flexibility index (Phi) is 4.86. The van der Waals surface area contributed by atoms with Crippen LogP contribution in [-0.4, -0.2) is 18.4 Å². The average molecular weight is 344 g/mol. The first-order chi connectivity index (χ1) is 11.5. The van der Waals surface area contributed by atoms with Crippen molar-refractivity contribution in [2.75, 3.05) is 11.4 Å². The fraction of sp³-hybridized carbons (Fsp3) is 0.263. The normalized spacial score (nSPS) is 17.2. The molecular weight excluding hydrogens is 326 g/mol. The Morgan fingerprint density at radius 3 is 2.71 bits per heavy atom. The fourth-order valence-corrected chi connectivity index (χ4v) is 2.95. The van der Waals surface area contributed by atoms with Gasteiger partial charge in [0.25, 0.3) is 0 Å². The second-order valence-corrected chi connectivity index (χ2v) is 6.42. The van der Waals surface area contributed by atoms with Gasteiger partial charge in [-0.1, -0.05) is 41.4 Å². The highest BCUT2D eigenvalue weighted by Gasteiger charge is 2.36. The number of hydrogen-bond donors (Lipinski definition) is 0. The summed E-state index contributed by atoms with van der Waals surface area (Å²) in [5.41, 5.74) is 2.77. The van der Waals surface area contributed by atoms with E-state index in [4.69, 9.17) is 16.3 Å². The van der Waals surface area contributed by atoms with Gasteiger partial charge in [0.1, 0.15) is 6.61 Å². The summed E-state index contributed by atoms with van der Waals surface area (Å²) in [6.45, 7) is 2.51. The maximum absolute atomic E-state index is 12.2. The summed E-state index contributed by atoms with van der Waals surface area (Å²) in [6, 6.07) is 14.9. The van der Waals surface area contributed by atoms with E-state index in [0.29, 0.717) is 11.6 Å². The largest absolute Gasteiger partial charge is 0.461 e. The van der Waals surface area contributed by atoms with E-state index >= 15 is 0 Å². The Hall–Kier alpha value is -2.33. The third-order valence-electron chi connectivity index (χ3n) is 4.07. The fourth-order valence-electron chi connectivity index (χ4n) is 2.74. The van der Waals surface area contributed by atoms with Crippen molar-refractivity contribution in [2.45, 2.75) is 20.0 Å². The van der Waals surface area contributed by atoms with Crippen molar-refractivity contribution in [3.05, 3.63) is 64.7 Å². The smallest absolute Gasteiger partial charge is 0.311 e. The van der Waals surface area contributed by atoms with Gasteiger partial charge in [-0.2, -0.15) is 0 Å². The molecule has 0 aliphatic carbocycles. The van der Waals surface area contributed by atoms with Gasteiger partial charge in [0.15, 0.2) is 0 Å². The first-order valence-electron chi connectivity index (χ1n) is 7.81. The minimum absolute atomic E-state index is 0.0523. The average Bonchev–Trinajstić information content (AvgIpc) is 2.95. The van der Waals surface area contributed by atoms with Crippen molar-refractivity contribution >= 4 is 29.2 Å². The maximum atomic E-state index is 12.2. The zero-order valence-electron chi connectivity index (χ0n) is 13.4. The Balaban J connectivity index is 1.60. The Bertz CT molecular complexity index is 757. The number of esters is 1. The van der Waals surface area contributed by atoms with E-state index in [1.165, 1.54) is 0 Å². The summed E-state index contributed by atoms with van der Waals surface area (Å²) in [5, 5.41) is 0.602. The van der Waals surface area contributed by atoms with E-state index in [1.807, 2.05) is 43.3 Å². The molecule has 3 rings (SSSR count). The predicted molar refractivity (Wildman–Crippen MR) is 92.9 cm³/mol. The van der Waals surface area contributed by atoms with Gasteiger partial charge in [-0.3, -0.25) is 9.59 Å². The molecule has 1 fully saturated rings. The lowest BCUT2D eigenvalue weighted by Gasteiger charge is -2.16. The van der Waals surface area contributed by atoms with Crippen molar-refractivity contribution in [1.82, 2.24) is 0 Å². The van der Waals surface area contributed by atoms with Crippen LogP contribution in [0.3, 0.4) is 0 Å². The molecule has 0 unspecified atom stereocenters. The summed E-state index contributed by atoms with van der Waals surface area (Å²) >= 11 is 5.91. The molecule has 0 saturated carbocycles. The molecule has 0 spiro atoms. The minimum atomic E-state index is -0.432. The minimum Gasteiger partial charge on any atom is -0.461 e. The number of aryl methyl sites for hydroxylation is 1. The van der Waals surface area contributed by atoms with Crippen molar-refractivity contribution in [3.8, 4) is 0 Å². The highest BCUT2D eigenvalue weighted by molar-refractivity contribution is 6.30. The van der Waals surface area contributed by atoms with Crippen LogP contribution in [0, 0.1) is 12.8 Å². The van der Waals surface area contributed by atoms with Crippen LogP contribution in [-0.2, 0) is 20.9 Å². The number of carbonyl (C=O) groups is 2. The number of benzene rings is 2. The van der Waals surface area contributed by atoms with Gasteiger partial charge < -0.3 is 9.64 Å². The molecule has 2 aromatic rings. The molecule has 0 radical (unpaired) electrons. The molecule has 0 N–H and O–H groups in total. The predicted octanol–water partition coefficient (Wildman–Crippen LogP) is 3.74. The number of anilines is 1. The van der Waals surface area contributed by atoms with Crippen LogP contribution in [0.2, 0.25) is 5.02 Å². The van der Waals surface area contributed by atoms with Crippen molar-refractivity contribution < 1.29 is 14.3 Å². The van der Waals surface area contributed by atoms with Crippen LogP contribution >= 0.6 is 11.6 Å². The lowest BCUT2D eigenvalue weighted by molar-refractivity contribution is -0.149. The third kappa shape index (κ3) is 3.77.